The normalized spacial score (nSPS) is 21.9. The van der Waals surface area contributed by atoms with E-state index in [0.29, 0.717) is 18.4 Å². The third kappa shape index (κ3) is 3.05. The van der Waals surface area contributed by atoms with Crippen molar-refractivity contribution in [2.45, 2.75) is 41.7 Å². The molecule has 1 saturated carbocycles. The molecule has 1 atom stereocenters. The van der Waals surface area contributed by atoms with Crippen molar-refractivity contribution in [1.82, 2.24) is 10.1 Å². The quantitative estimate of drug-likeness (QED) is 0.849. The van der Waals surface area contributed by atoms with Gasteiger partial charge in [-0.2, -0.15) is 4.98 Å². The molecule has 0 amide bonds. The zero-order valence-corrected chi connectivity index (χ0v) is 13.4. The van der Waals surface area contributed by atoms with Crippen LogP contribution in [0.15, 0.2) is 20.2 Å². The van der Waals surface area contributed by atoms with Crippen molar-refractivity contribution < 1.29 is 21.7 Å². The fourth-order valence-electron chi connectivity index (χ4n) is 2.64. The van der Waals surface area contributed by atoms with Gasteiger partial charge in [-0.05, 0) is 24.3 Å². The maximum absolute atomic E-state index is 13.5. The van der Waals surface area contributed by atoms with E-state index in [2.05, 4.69) is 10.1 Å². The average molecular weight is 348 g/mol. The number of nitrogens with zero attached hydrogens (tertiary/aromatic N) is 2. The fraction of sp³-hybridized carbons (Fsp3) is 0.538. The number of thiophene rings is 1. The highest BCUT2D eigenvalue weighted by Crippen LogP contribution is 2.41. The summed E-state index contributed by atoms with van der Waals surface area (Å²) in [7, 11) is -3.40. The molecule has 2 aromatic rings. The molecular formula is C13H14F2N2O3S2. The van der Waals surface area contributed by atoms with Gasteiger partial charge in [-0.3, -0.25) is 0 Å². The number of rotatable bonds is 3. The number of hydrogen-bond acceptors (Lipinski definition) is 6. The molecule has 120 valence electrons. The second-order valence-electron chi connectivity index (χ2n) is 5.50. The summed E-state index contributed by atoms with van der Waals surface area (Å²) >= 11 is 1.07. The van der Waals surface area contributed by atoms with E-state index in [1.807, 2.05) is 0 Å². The molecule has 0 spiro atoms. The fourth-order valence-corrected chi connectivity index (χ4v) is 4.68. The Hall–Kier alpha value is -1.35. The summed E-state index contributed by atoms with van der Waals surface area (Å²) in [5.41, 5.74) is 0.352. The highest BCUT2D eigenvalue weighted by Gasteiger charge is 2.39. The van der Waals surface area contributed by atoms with E-state index >= 15 is 0 Å². The second kappa shape index (κ2) is 5.38. The Kier molecular flexibility index (Phi) is 3.80. The zero-order chi connectivity index (χ0) is 16.0. The summed E-state index contributed by atoms with van der Waals surface area (Å²) in [4.78, 5) is 4.15. The van der Waals surface area contributed by atoms with Crippen LogP contribution in [-0.4, -0.2) is 30.7 Å². The van der Waals surface area contributed by atoms with Crippen LogP contribution >= 0.6 is 11.3 Å². The molecule has 1 aliphatic carbocycles. The van der Waals surface area contributed by atoms with Crippen LogP contribution in [0.4, 0.5) is 8.78 Å². The molecule has 9 heteroatoms. The summed E-state index contributed by atoms with van der Waals surface area (Å²) in [6.45, 7) is 0. The minimum atomic E-state index is -3.40. The van der Waals surface area contributed by atoms with Crippen LogP contribution in [0.25, 0.3) is 11.4 Å². The lowest BCUT2D eigenvalue weighted by Gasteiger charge is -2.26. The van der Waals surface area contributed by atoms with Gasteiger partial charge in [-0.1, -0.05) is 5.16 Å². The summed E-state index contributed by atoms with van der Waals surface area (Å²) in [6, 6.07) is 1.59. The smallest absolute Gasteiger partial charge is 0.248 e. The molecule has 2 aromatic heterocycles. The predicted octanol–water partition coefficient (Wildman–Crippen LogP) is 3.49. The molecule has 5 nitrogen and oxygen atoms in total. The molecule has 22 heavy (non-hydrogen) atoms. The highest BCUT2D eigenvalue weighted by atomic mass is 32.2. The standard InChI is InChI=1S/C13H14F2N2O3S2/c1-22(18,19)12-9(4-6-21-12)10-16-11(20-17-10)8-3-2-5-13(14,15)7-8/h4,6,8H,2-3,5,7H2,1H3. The molecule has 0 radical (unpaired) electrons. The van der Waals surface area contributed by atoms with Gasteiger partial charge in [0.25, 0.3) is 0 Å². The molecule has 2 heterocycles. The first kappa shape index (κ1) is 15.5. The van der Waals surface area contributed by atoms with Crippen LogP contribution in [0, 0.1) is 0 Å². The van der Waals surface area contributed by atoms with Gasteiger partial charge >= 0.3 is 0 Å². The third-order valence-corrected chi connectivity index (χ3v) is 6.44. The average Bonchev–Trinajstić information content (AvgIpc) is 3.05. The van der Waals surface area contributed by atoms with E-state index < -0.39 is 21.7 Å². The molecule has 0 aliphatic heterocycles. The van der Waals surface area contributed by atoms with Gasteiger partial charge < -0.3 is 4.52 Å². The van der Waals surface area contributed by atoms with Crippen LogP contribution in [-0.2, 0) is 9.84 Å². The van der Waals surface area contributed by atoms with Crippen LogP contribution in [0.2, 0.25) is 0 Å². The number of alkyl halides is 2. The Morgan fingerprint density at radius 1 is 1.45 bits per heavy atom. The van der Waals surface area contributed by atoms with E-state index in [0.717, 1.165) is 17.6 Å². The Balaban J connectivity index is 1.90. The first-order chi connectivity index (χ1) is 10.3. The lowest BCUT2D eigenvalue weighted by Crippen LogP contribution is -2.25. The zero-order valence-electron chi connectivity index (χ0n) is 11.8. The monoisotopic (exact) mass is 348 g/mol. The number of sulfone groups is 1. The Labute approximate surface area is 130 Å². The molecule has 0 bridgehead atoms. The summed E-state index contributed by atoms with van der Waals surface area (Å²) in [5, 5.41) is 5.39. The third-order valence-electron chi connectivity index (χ3n) is 3.64. The first-order valence-corrected chi connectivity index (χ1v) is 9.53. The van der Waals surface area contributed by atoms with Crippen molar-refractivity contribution in [3.8, 4) is 11.4 Å². The second-order valence-corrected chi connectivity index (χ2v) is 8.63. The number of hydrogen-bond donors (Lipinski definition) is 0. The maximum atomic E-state index is 13.5. The van der Waals surface area contributed by atoms with E-state index in [1.54, 1.807) is 11.4 Å². The Morgan fingerprint density at radius 2 is 2.23 bits per heavy atom. The minimum Gasteiger partial charge on any atom is -0.339 e. The van der Waals surface area contributed by atoms with Crippen molar-refractivity contribution in [2.24, 2.45) is 0 Å². The van der Waals surface area contributed by atoms with Gasteiger partial charge in [0, 0.05) is 25.0 Å². The molecule has 1 unspecified atom stereocenters. The van der Waals surface area contributed by atoms with Crippen molar-refractivity contribution >= 4 is 21.2 Å². The van der Waals surface area contributed by atoms with Gasteiger partial charge in [-0.25, -0.2) is 17.2 Å². The highest BCUT2D eigenvalue weighted by molar-refractivity contribution is 7.92. The molecule has 0 saturated heterocycles. The predicted molar refractivity (Wildman–Crippen MR) is 76.9 cm³/mol. The maximum Gasteiger partial charge on any atom is 0.248 e. The van der Waals surface area contributed by atoms with E-state index in [-0.39, 0.29) is 28.8 Å². The molecule has 0 N–H and O–H groups in total. The van der Waals surface area contributed by atoms with E-state index in [1.165, 1.54) is 0 Å². The SMILES string of the molecule is CS(=O)(=O)c1sccc1-c1noc(C2CCCC(F)(F)C2)n1. The Bertz CT molecular complexity index is 783. The van der Waals surface area contributed by atoms with Crippen molar-refractivity contribution in [1.29, 1.82) is 0 Å². The van der Waals surface area contributed by atoms with Crippen LogP contribution in [0.5, 0.6) is 0 Å². The van der Waals surface area contributed by atoms with Gasteiger partial charge in [0.15, 0.2) is 9.84 Å². The summed E-state index contributed by atoms with van der Waals surface area (Å²) in [5.74, 6) is -2.91. The first-order valence-electron chi connectivity index (χ1n) is 6.76. The largest absolute Gasteiger partial charge is 0.339 e. The van der Waals surface area contributed by atoms with Crippen LogP contribution in [0.3, 0.4) is 0 Å². The van der Waals surface area contributed by atoms with Crippen LogP contribution < -0.4 is 0 Å². The number of aromatic nitrogens is 2. The molecular weight excluding hydrogens is 334 g/mol. The molecule has 1 fully saturated rings. The van der Waals surface area contributed by atoms with Gasteiger partial charge in [-0.15, -0.1) is 11.3 Å². The molecule has 0 aromatic carbocycles. The molecule has 1 aliphatic rings. The van der Waals surface area contributed by atoms with E-state index in [9.17, 15) is 17.2 Å². The molecule has 3 rings (SSSR count). The topological polar surface area (TPSA) is 73.1 Å². The van der Waals surface area contributed by atoms with Gasteiger partial charge in [0.2, 0.25) is 17.6 Å². The summed E-state index contributed by atoms with van der Waals surface area (Å²) in [6.07, 6.45) is 1.65. The van der Waals surface area contributed by atoms with Crippen molar-refractivity contribution in [2.75, 3.05) is 6.26 Å². The minimum absolute atomic E-state index is 0.118. The van der Waals surface area contributed by atoms with E-state index in [4.69, 9.17) is 4.52 Å². The lowest BCUT2D eigenvalue weighted by molar-refractivity contribution is -0.0440. The van der Waals surface area contributed by atoms with Gasteiger partial charge in [0.05, 0.1) is 5.56 Å². The summed E-state index contributed by atoms with van der Waals surface area (Å²) < 4.78 is 55.6. The van der Waals surface area contributed by atoms with Crippen molar-refractivity contribution in [3.63, 3.8) is 0 Å². The lowest BCUT2D eigenvalue weighted by atomic mass is 9.86. The van der Waals surface area contributed by atoms with Crippen LogP contribution in [0.1, 0.15) is 37.5 Å². The number of halogens is 2. The van der Waals surface area contributed by atoms with Crippen molar-refractivity contribution in [3.05, 3.63) is 17.3 Å². The van der Waals surface area contributed by atoms with Gasteiger partial charge in [0.1, 0.15) is 4.21 Å². The Morgan fingerprint density at radius 3 is 2.91 bits per heavy atom.